The van der Waals surface area contributed by atoms with Gasteiger partial charge in [-0.15, -0.1) is 0 Å². The van der Waals surface area contributed by atoms with E-state index in [0.29, 0.717) is 12.6 Å². The second-order valence-corrected chi connectivity index (χ2v) is 6.12. The van der Waals surface area contributed by atoms with Gasteiger partial charge in [-0.1, -0.05) is 18.2 Å². The predicted octanol–water partition coefficient (Wildman–Crippen LogP) is 3.38. The highest BCUT2D eigenvalue weighted by Crippen LogP contribution is 2.30. The van der Waals surface area contributed by atoms with Crippen LogP contribution in [0.3, 0.4) is 0 Å². The van der Waals surface area contributed by atoms with Crippen molar-refractivity contribution in [3.8, 4) is 0 Å². The van der Waals surface area contributed by atoms with Crippen LogP contribution in [0.5, 0.6) is 0 Å². The molecule has 116 valence electrons. The van der Waals surface area contributed by atoms with E-state index >= 15 is 0 Å². The summed E-state index contributed by atoms with van der Waals surface area (Å²) in [5.41, 5.74) is 0.210. The Hall–Kier alpha value is -1.07. The van der Waals surface area contributed by atoms with Gasteiger partial charge in [-0.3, -0.25) is 9.80 Å². The third-order valence-corrected chi connectivity index (χ3v) is 4.57. The molecule has 0 N–H and O–H groups in total. The van der Waals surface area contributed by atoms with Crippen LogP contribution in [0.2, 0.25) is 0 Å². The molecular weight excluding hydrogens is 277 g/mol. The molecule has 1 aromatic rings. The zero-order chi connectivity index (χ0) is 14.9. The van der Waals surface area contributed by atoms with E-state index in [-0.39, 0.29) is 0 Å². The van der Waals surface area contributed by atoms with Gasteiger partial charge in [0.05, 0.1) is 5.56 Å². The number of alkyl halides is 3. The summed E-state index contributed by atoms with van der Waals surface area (Å²) >= 11 is 0. The van der Waals surface area contributed by atoms with E-state index in [1.54, 1.807) is 6.07 Å². The van der Waals surface area contributed by atoms with Gasteiger partial charge in [0.25, 0.3) is 0 Å². The van der Waals surface area contributed by atoms with E-state index in [1.165, 1.54) is 38.1 Å². The van der Waals surface area contributed by atoms with Gasteiger partial charge in [0, 0.05) is 25.7 Å². The molecule has 0 spiro atoms. The van der Waals surface area contributed by atoms with Gasteiger partial charge in [-0.25, -0.2) is 0 Å². The molecule has 0 unspecified atom stereocenters. The molecule has 1 aromatic carbocycles. The van der Waals surface area contributed by atoms with E-state index in [4.69, 9.17) is 0 Å². The number of hydrogen-bond acceptors (Lipinski definition) is 2. The van der Waals surface area contributed by atoms with Gasteiger partial charge >= 0.3 is 6.18 Å². The van der Waals surface area contributed by atoms with Crippen LogP contribution in [0.15, 0.2) is 24.3 Å². The maximum Gasteiger partial charge on any atom is 0.416 e. The SMILES string of the molecule is FC(F)(F)c1cccc(CN2CC[C@H](N3CCCC3)C2)c1. The Bertz CT molecular complexity index is 481. The lowest BCUT2D eigenvalue weighted by Gasteiger charge is -2.23. The van der Waals surface area contributed by atoms with Gasteiger partial charge in [0.2, 0.25) is 0 Å². The van der Waals surface area contributed by atoms with Crippen LogP contribution in [-0.2, 0) is 12.7 Å². The second kappa shape index (κ2) is 5.97. The molecule has 0 aliphatic carbocycles. The van der Waals surface area contributed by atoms with E-state index in [2.05, 4.69) is 9.80 Å². The number of benzene rings is 1. The maximum atomic E-state index is 12.7. The highest BCUT2D eigenvalue weighted by Gasteiger charge is 2.31. The molecule has 2 saturated heterocycles. The molecular formula is C16H21F3N2. The highest BCUT2D eigenvalue weighted by molar-refractivity contribution is 5.25. The molecule has 0 bridgehead atoms. The minimum Gasteiger partial charge on any atom is -0.299 e. The van der Waals surface area contributed by atoms with Crippen LogP contribution < -0.4 is 0 Å². The van der Waals surface area contributed by atoms with Crippen LogP contribution in [-0.4, -0.2) is 42.0 Å². The first-order valence-corrected chi connectivity index (χ1v) is 7.65. The lowest BCUT2D eigenvalue weighted by molar-refractivity contribution is -0.137. The van der Waals surface area contributed by atoms with Gasteiger partial charge in [0.15, 0.2) is 0 Å². The second-order valence-electron chi connectivity index (χ2n) is 6.12. The molecule has 2 aliphatic rings. The first-order valence-electron chi connectivity index (χ1n) is 7.65. The summed E-state index contributed by atoms with van der Waals surface area (Å²) in [6, 6.07) is 6.31. The first kappa shape index (κ1) is 14.9. The Morgan fingerprint density at radius 1 is 1.10 bits per heavy atom. The molecule has 21 heavy (non-hydrogen) atoms. The summed E-state index contributed by atoms with van der Waals surface area (Å²) in [5.74, 6) is 0. The number of likely N-dealkylation sites (tertiary alicyclic amines) is 2. The fourth-order valence-electron chi connectivity index (χ4n) is 3.46. The summed E-state index contributed by atoms with van der Waals surface area (Å²) in [4.78, 5) is 4.81. The number of rotatable bonds is 3. The lowest BCUT2D eigenvalue weighted by Crippen LogP contribution is -2.35. The lowest BCUT2D eigenvalue weighted by atomic mass is 10.1. The van der Waals surface area contributed by atoms with Crippen molar-refractivity contribution in [2.75, 3.05) is 26.2 Å². The van der Waals surface area contributed by atoms with E-state index in [9.17, 15) is 13.2 Å². The average molecular weight is 298 g/mol. The van der Waals surface area contributed by atoms with Crippen LogP contribution in [0.1, 0.15) is 30.4 Å². The van der Waals surface area contributed by atoms with E-state index in [1.807, 2.05) is 0 Å². The molecule has 1 atom stereocenters. The van der Waals surface area contributed by atoms with Crippen molar-refractivity contribution < 1.29 is 13.2 Å². The van der Waals surface area contributed by atoms with Gasteiger partial charge in [-0.2, -0.15) is 13.2 Å². The summed E-state index contributed by atoms with van der Waals surface area (Å²) in [6.07, 6.45) is -0.549. The quantitative estimate of drug-likeness (QED) is 0.844. The normalized spacial score (nSPS) is 24.8. The molecule has 3 rings (SSSR count). The number of hydrogen-bond donors (Lipinski definition) is 0. The molecule has 0 radical (unpaired) electrons. The van der Waals surface area contributed by atoms with Gasteiger partial charge in [0.1, 0.15) is 0 Å². The topological polar surface area (TPSA) is 6.48 Å². The van der Waals surface area contributed by atoms with Crippen LogP contribution in [0.25, 0.3) is 0 Å². The molecule has 2 heterocycles. The van der Waals surface area contributed by atoms with Crippen LogP contribution >= 0.6 is 0 Å². The van der Waals surface area contributed by atoms with Gasteiger partial charge < -0.3 is 0 Å². The van der Waals surface area contributed by atoms with Gasteiger partial charge in [-0.05, 0) is 44.0 Å². The molecule has 2 aliphatic heterocycles. The monoisotopic (exact) mass is 298 g/mol. The molecule has 0 saturated carbocycles. The van der Waals surface area contributed by atoms with Crippen LogP contribution in [0.4, 0.5) is 13.2 Å². The Balaban J connectivity index is 1.60. The first-order chi connectivity index (χ1) is 10.0. The zero-order valence-electron chi connectivity index (χ0n) is 12.1. The fraction of sp³-hybridized carbons (Fsp3) is 0.625. The summed E-state index contributed by atoms with van der Waals surface area (Å²) in [6.45, 7) is 4.95. The zero-order valence-corrected chi connectivity index (χ0v) is 12.1. The van der Waals surface area contributed by atoms with Crippen molar-refractivity contribution >= 4 is 0 Å². The Morgan fingerprint density at radius 3 is 2.57 bits per heavy atom. The highest BCUT2D eigenvalue weighted by atomic mass is 19.4. The number of halogens is 3. The maximum absolute atomic E-state index is 12.7. The Kier molecular flexibility index (Phi) is 4.22. The van der Waals surface area contributed by atoms with Crippen molar-refractivity contribution in [2.24, 2.45) is 0 Å². The summed E-state index contributed by atoms with van der Waals surface area (Å²) in [7, 11) is 0. The summed E-state index contributed by atoms with van der Waals surface area (Å²) < 4.78 is 38.2. The van der Waals surface area contributed by atoms with Crippen molar-refractivity contribution in [1.82, 2.24) is 9.80 Å². The van der Waals surface area contributed by atoms with E-state index in [0.717, 1.165) is 31.1 Å². The third kappa shape index (κ3) is 3.58. The number of nitrogens with zero attached hydrogens (tertiary/aromatic N) is 2. The van der Waals surface area contributed by atoms with Crippen molar-refractivity contribution in [1.29, 1.82) is 0 Å². The minimum atomic E-state index is -4.25. The Morgan fingerprint density at radius 2 is 1.86 bits per heavy atom. The molecule has 0 aromatic heterocycles. The molecule has 2 nitrogen and oxygen atoms in total. The predicted molar refractivity (Wildman–Crippen MR) is 75.9 cm³/mol. The Labute approximate surface area is 123 Å². The molecule has 0 amide bonds. The smallest absolute Gasteiger partial charge is 0.299 e. The standard InChI is InChI=1S/C16H21F3N2/c17-16(18,19)14-5-3-4-13(10-14)11-20-9-6-15(12-20)21-7-1-2-8-21/h3-5,10,15H,1-2,6-9,11-12H2/t15-/m0/s1. The molecule has 5 heteroatoms. The summed E-state index contributed by atoms with van der Waals surface area (Å²) in [5, 5.41) is 0. The minimum absolute atomic E-state index is 0.546. The van der Waals surface area contributed by atoms with Crippen molar-refractivity contribution in [3.63, 3.8) is 0 Å². The largest absolute Gasteiger partial charge is 0.416 e. The average Bonchev–Trinajstić information content (AvgIpc) is 3.08. The van der Waals surface area contributed by atoms with E-state index < -0.39 is 11.7 Å². The fourth-order valence-corrected chi connectivity index (χ4v) is 3.46. The molecule has 2 fully saturated rings. The van der Waals surface area contributed by atoms with Crippen molar-refractivity contribution in [3.05, 3.63) is 35.4 Å². The van der Waals surface area contributed by atoms with Crippen LogP contribution in [0, 0.1) is 0 Å². The van der Waals surface area contributed by atoms with Crippen molar-refractivity contribution in [2.45, 2.75) is 38.0 Å². The third-order valence-electron chi connectivity index (χ3n) is 4.57.